The summed E-state index contributed by atoms with van der Waals surface area (Å²) in [6.07, 6.45) is 0. The Morgan fingerprint density at radius 1 is 1.22 bits per heavy atom. The Bertz CT molecular complexity index is 935. The van der Waals surface area contributed by atoms with Gasteiger partial charge in [0.05, 0.1) is 19.2 Å². The number of nitrogens with zero attached hydrogens (tertiary/aromatic N) is 4. The first-order valence-electron chi connectivity index (χ1n) is 8.93. The standard InChI is InChI=1S/C19H24N6O2/c1-5-27-16-8-6-15(7-9-16)14(4)22-19(26)20-11-17-23-24-18-21-12(2)10-13(3)25(17)18/h6-10,14H,5,11H2,1-4H3,(H2,20,22,26). The van der Waals surface area contributed by atoms with Crippen molar-refractivity contribution in [3.8, 4) is 5.75 Å². The molecule has 1 atom stereocenters. The lowest BCUT2D eigenvalue weighted by molar-refractivity contribution is 0.237. The van der Waals surface area contributed by atoms with E-state index in [1.54, 1.807) is 0 Å². The molecule has 3 rings (SSSR count). The van der Waals surface area contributed by atoms with Crippen LogP contribution in [0.25, 0.3) is 5.78 Å². The third-order valence-corrected chi connectivity index (χ3v) is 4.21. The number of ether oxygens (including phenoxy) is 1. The molecule has 142 valence electrons. The summed E-state index contributed by atoms with van der Waals surface area (Å²) in [6.45, 7) is 8.63. The number of fused-ring (bicyclic) bond motifs is 1. The third-order valence-electron chi connectivity index (χ3n) is 4.21. The topological polar surface area (TPSA) is 93.4 Å². The van der Waals surface area contributed by atoms with Gasteiger partial charge in [-0.3, -0.25) is 4.40 Å². The number of aromatic nitrogens is 4. The number of rotatable bonds is 6. The van der Waals surface area contributed by atoms with Gasteiger partial charge in [0.2, 0.25) is 0 Å². The van der Waals surface area contributed by atoms with Crippen molar-refractivity contribution in [2.45, 2.75) is 40.3 Å². The lowest BCUT2D eigenvalue weighted by Gasteiger charge is -2.15. The molecule has 0 aliphatic heterocycles. The highest BCUT2D eigenvalue weighted by Crippen LogP contribution is 2.17. The Morgan fingerprint density at radius 2 is 1.96 bits per heavy atom. The molecule has 2 amide bonds. The number of aryl methyl sites for hydroxylation is 2. The lowest BCUT2D eigenvalue weighted by atomic mass is 10.1. The van der Waals surface area contributed by atoms with Crippen molar-refractivity contribution < 1.29 is 9.53 Å². The van der Waals surface area contributed by atoms with Gasteiger partial charge in [-0.15, -0.1) is 10.2 Å². The van der Waals surface area contributed by atoms with E-state index >= 15 is 0 Å². The molecule has 0 aliphatic carbocycles. The Kier molecular flexibility index (Phi) is 5.54. The second kappa shape index (κ2) is 8.03. The van der Waals surface area contributed by atoms with Crippen molar-refractivity contribution in [3.63, 3.8) is 0 Å². The van der Waals surface area contributed by atoms with Gasteiger partial charge in [-0.05, 0) is 51.5 Å². The van der Waals surface area contributed by atoms with Crippen LogP contribution in [0.4, 0.5) is 4.79 Å². The molecule has 0 radical (unpaired) electrons. The molecule has 3 aromatic rings. The van der Waals surface area contributed by atoms with Gasteiger partial charge in [-0.25, -0.2) is 9.78 Å². The van der Waals surface area contributed by atoms with E-state index in [-0.39, 0.29) is 18.6 Å². The average Bonchev–Trinajstić information content (AvgIpc) is 3.04. The highest BCUT2D eigenvalue weighted by molar-refractivity contribution is 5.74. The summed E-state index contributed by atoms with van der Waals surface area (Å²) in [5.74, 6) is 1.99. The van der Waals surface area contributed by atoms with Gasteiger partial charge in [-0.1, -0.05) is 12.1 Å². The van der Waals surface area contributed by atoms with Crippen molar-refractivity contribution in [1.82, 2.24) is 30.2 Å². The second-order valence-corrected chi connectivity index (χ2v) is 6.34. The predicted octanol–water partition coefficient (Wildman–Crippen LogP) is 2.70. The van der Waals surface area contributed by atoms with Crippen LogP contribution in [0.2, 0.25) is 0 Å². The smallest absolute Gasteiger partial charge is 0.315 e. The fourth-order valence-electron chi connectivity index (χ4n) is 2.92. The van der Waals surface area contributed by atoms with Crippen molar-refractivity contribution in [2.75, 3.05) is 6.61 Å². The van der Waals surface area contributed by atoms with Crippen LogP contribution < -0.4 is 15.4 Å². The average molecular weight is 368 g/mol. The van der Waals surface area contributed by atoms with Gasteiger partial charge in [-0.2, -0.15) is 0 Å². The van der Waals surface area contributed by atoms with E-state index in [4.69, 9.17) is 4.74 Å². The molecule has 0 saturated carbocycles. The second-order valence-electron chi connectivity index (χ2n) is 6.34. The van der Waals surface area contributed by atoms with Gasteiger partial charge in [0.25, 0.3) is 5.78 Å². The summed E-state index contributed by atoms with van der Waals surface area (Å²) in [7, 11) is 0. The molecule has 2 N–H and O–H groups in total. The number of carbonyl (C=O) groups excluding carboxylic acids is 1. The third kappa shape index (κ3) is 4.33. The van der Waals surface area contributed by atoms with E-state index in [0.29, 0.717) is 18.2 Å². The van der Waals surface area contributed by atoms with Crippen LogP contribution in [0.15, 0.2) is 30.3 Å². The van der Waals surface area contributed by atoms with Crippen LogP contribution in [-0.2, 0) is 6.54 Å². The normalized spacial score (nSPS) is 12.0. The zero-order valence-electron chi connectivity index (χ0n) is 16.0. The summed E-state index contributed by atoms with van der Waals surface area (Å²) >= 11 is 0. The summed E-state index contributed by atoms with van der Waals surface area (Å²) in [6, 6.07) is 9.23. The maximum atomic E-state index is 12.2. The Labute approximate surface area is 158 Å². The van der Waals surface area contributed by atoms with Crippen LogP contribution in [0, 0.1) is 13.8 Å². The van der Waals surface area contributed by atoms with Crippen LogP contribution in [0.3, 0.4) is 0 Å². The highest BCUT2D eigenvalue weighted by Gasteiger charge is 2.13. The molecular weight excluding hydrogens is 344 g/mol. The number of benzene rings is 1. The van der Waals surface area contributed by atoms with Crippen molar-refractivity contribution in [1.29, 1.82) is 0 Å². The molecule has 27 heavy (non-hydrogen) atoms. The zero-order chi connectivity index (χ0) is 19.4. The van der Waals surface area contributed by atoms with E-state index in [2.05, 4.69) is 25.8 Å². The number of urea groups is 1. The first-order chi connectivity index (χ1) is 13.0. The van der Waals surface area contributed by atoms with Gasteiger partial charge in [0.15, 0.2) is 5.82 Å². The van der Waals surface area contributed by atoms with Gasteiger partial charge >= 0.3 is 6.03 Å². The van der Waals surface area contributed by atoms with E-state index in [1.807, 2.05) is 62.4 Å². The molecule has 0 spiro atoms. The largest absolute Gasteiger partial charge is 0.494 e. The van der Waals surface area contributed by atoms with Crippen LogP contribution in [0.5, 0.6) is 5.75 Å². The van der Waals surface area contributed by atoms with Crippen LogP contribution in [0.1, 0.15) is 42.7 Å². The highest BCUT2D eigenvalue weighted by atomic mass is 16.5. The maximum Gasteiger partial charge on any atom is 0.315 e. The Hall–Kier alpha value is -3.16. The van der Waals surface area contributed by atoms with Crippen molar-refractivity contribution in [3.05, 3.63) is 53.1 Å². The minimum Gasteiger partial charge on any atom is -0.494 e. The monoisotopic (exact) mass is 368 g/mol. The summed E-state index contributed by atoms with van der Waals surface area (Å²) in [5.41, 5.74) is 2.85. The molecule has 0 bridgehead atoms. The molecule has 1 aromatic carbocycles. The van der Waals surface area contributed by atoms with E-state index < -0.39 is 0 Å². The SMILES string of the molecule is CCOc1ccc(C(C)NC(=O)NCc2nnc3nc(C)cc(C)n23)cc1. The number of nitrogens with one attached hydrogen (secondary N) is 2. The molecule has 8 nitrogen and oxygen atoms in total. The van der Waals surface area contributed by atoms with Gasteiger partial charge < -0.3 is 15.4 Å². The Morgan fingerprint density at radius 3 is 2.67 bits per heavy atom. The molecule has 0 aliphatic rings. The maximum absolute atomic E-state index is 12.2. The van der Waals surface area contributed by atoms with Crippen LogP contribution in [-0.4, -0.2) is 32.2 Å². The molecule has 2 aromatic heterocycles. The Balaban J connectivity index is 1.59. The molecule has 2 heterocycles. The van der Waals surface area contributed by atoms with Gasteiger partial charge in [0, 0.05) is 11.4 Å². The van der Waals surface area contributed by atoms with Crippen LogP contribution >= 0.6 is 0 Å². The molecule has 8 heteroatoms. The molecule has 1 unspecified atom stereocenters. The number of amides is 2. The lowest BCUT2D eigenvalue weighted by Crippen LogP contribution is -2.37. The number of carbonyl (C=O) groups is 1. The summed E-state index contributed by atoms with van der Waals surface area (Å²) in [4.78, 5) is 16.6. The first-order valence-corrected chi connectivity index (χ1v) is 8.93. The first kappa shape index (κ1) is 18.6. The van der Waals surface area contributed by atoms with E-state index in [1.165, 1.54) is 0 Å². The van der Waals surface area contributed by atoms with Crippen molar-refractivity contribution >= 4 is 11.8 Å². The van der Waals surface area contributed by atoms with Crippen molar-refractivity contribution in [2.24, 2.45) is 0 Å². The van der Waals surface area contributed by atoms with E-state index in [9.17, 15) is 4.79 Å². The number of hydrogen-bond acceptors (Lipinski definition) is 5. The predicted molar refractivity (Wildman–Crippen MR) is 102 cm³/mol. The minimum absolute atomic E-state index is 0.137. The fraction of sp³-hybridized carbons (Fsp3) is 0.368. The quantitative estimate of drug-likeness (QED) is 0.698. The van der Waals surface area contributed by atoms with E-state index in [0.717, 1.165) is 22.7 Å². The fourth-order valence-corrected chi connectivity index (χ4v) is 2.92. The minimum atomic E-state index is -0.272. The zero-order valence-corrected chi connectivity index (χ0v) is 16.0. The summed E-state index contributed by atoms with van der Waals surface area (Å²) < 4.78 is 7.27. The molecule has 0 saturated heterocycles. The van der Waals surface area contributed by atoms with Gasteiger partial charge in [0.1, 0.15) is 5.75 Å². The number of hydrogen-bond donors (Lipinski definition) is 2. The molecular formula is C19H24N6O2. The summed E-state index contributed by atoms with van der Waals surface area (Å²) in [5, 5.41) is 13.9. The molecule has 0 fully saturated rings.